The molecule has 168 valence electrons. The number of nitrogens with zero attached hydrogens (tertiary/aromatic N) is 2. The molecule has 0 bridgehead atoms. The van der Waals surface area contributed by atoms with Gasteiger partial charge in [0.15, 0.2) is 11.9 Å². The minimum atomic E-state index is -3.58. The summed E-state index contributed by atoms with van der Waals surface area (Å²) >= 11 is 0. The van der Waals surface area contributed by atoms with Gasteiger partial charge in [-0.05, 0) is 18.2 Å². The molecule has 0 aromatic rings. The van der Waals surface area contributed by atoms with E-state index >= 15 is 0 Å². The number of amides is 2. The molecule has 2 unspecified atom stereocenters. The molecule has 1 N–H and O–H groups in total. The van der Waals surface area contributed by atoms with Gasteiger partial charge in [-0.25, -0.2) is 0 Å². The fourth-order valence-corrected chi connectivity index (χ4v) is 5.41. The Kier molecular flexibility index (Phi) is 11.0. The predicted octanol–water partition coefficient (Wildman–Crippen LogP) is 2.31. The molecule has 1 aliphatic heterocycles. The minimum absolute atomic E-state index is 0.0156. The van der Waals surface area contributed by atoms with E-state index in [2.05, 4.69) is 44.8 Å². The van der Waals surface area contributed by atoms with Crippen LogP contribution in [0.2, 0.25) is 0 Å². The van der Waals surface area contributed by atoms with E-state index < -0.39 is 37.6 Å². The Balaban J connectivity index is 3.79. The van der Waals surface area contributed by atoms with Gasteiger partial charge < -0.3 is 0 Å². The molecule has 0 saturated carbocycles. The van der Waals surface area contributed by atoms with Gasteiger partial charge >= 0.3 is 13.9 Å². The number of carbonyl (C=O) groups excluding carboxylic acids is 3. The lowest BCUT2D eigenvalue weighted by molar-refractivity contribution is -0.153. The maximum absolute atomic E-state index is 12.9. The highest BCUT2D eigenvalue weighted by Gasteiger charge is 2.64. The van der Waals surface area contributed by atoms with Gasteiger partial charge in [0.2, 0.25) is 0 Å². The van der Waals surface area contributed by atoms with E-state index in [1.807, 2.05) is 0 Å². The van der Waals surface area contributed by atoms with Gasteiger partial charge in [0.25, 0.3) is 11.8 Å². The lowest BCUT2D eigenvalue weighted by Crippen LogP contribution is -2.70. The van der Waals surface area contributed by atoms with Crippen LogP contribution < -0.4 is 5.32 Å². The van der Waals surface area contributed by atoms with E-state index in [0.717, 1.165) is 23.1 Å². The van der Waals surface area contributed by atoms with Crippen LogP contribution in [-0.4, -0.2) is 66.0 Å². The van der Waals surface area contributed by atoms with Crippen molar-refractivity contribution in [3.8, 4) is 0 Å². The van der Waals surface area contributed by atoms with Crippen LogP contribution in [0.1, 0.15) is 0 Å². The molecule has 1 rings (SSSR count). The van der Waals surface area contributed by atoms with Crippen molar-refractivity contribution in [1.82, 2.24) is 15.1 Å². The van der Waals surface area contributed by atoms with E-state index in [1.54, 1.807) is 0 Å². The van der Waals surface area contributed by atoms with Crippen LogP contribution >= 0.6 is 7.94 Å². The first-order valence-corrected chi connectivity index (χ1v) is 10.9. The molecule has 1 saturated heterocycles. The van der Waals surface area contributed by atoms with Gasteiger partial charge in [0, 0.05) is 0 Å². The summed E-state index contributed by atoms with van der Waals surface area (Å²) in [5, 5.41) is 2.86. The first-order chi connectivity index (χ1) is 14.9. The van der Waals surface area contributed by atoms with Crippen LogP contribution in [0.5, 0.6) is 0 Å². The average Bonchev–Trinajstić information content (AvgIpc) is 2.81. The zero-order valence-electron chi connectivity index (χ0n) is 17.5. The summed E-state index contributed by atoms with van der Waals surface area (Å²) in [7, 11) is -3.58. The van der Waals surface area contributed by atoms with E-state index in [9.17, 15) is 14.4 Å². The van der Waals surface area contributed by atoms with Crippen molar-refractivity contribution in [2.75, 3.05) is 26.5 Å². The Morgan fingerprint density at radius 1 is 0.839 bits per heavy atom. The van der Waals surface area contributed by atoms with Crippen LogP contribution in [0, 0.1) is 0 Å². The van der Waals surface area contributed by atoms with Crippen molar-refractivity contribution in [3.63, 3.8) is 0 Å². The highest BCUT2D eigenvalue weighted by Crippen LogP contribution is 2.68. The van der Waals surface area contributed by atoms with Crippen molar-refractivity contribution >= 4 is 25.5 Å². The lowest BCUT2D eigenvalue weighted by atomic mass is 10.2. The zero-order valence-corrected chi connectivity index (χ0v) is 18.4. The molecule has 0 radical (unpaired) electrons. The Bertz CT molecular complexity index is 722. The van der Waals surface area contributed by atoms with Gasteiger partial charge in [-0.2, -0.15) is 13.6 Å². The molecule has 31 heavy (non-hydrogen) atoms. The maximum atomic E-state index is 12.9. The lowest BCUT2D eigenvalue weighted by Gasteiger charge is -2.47. The number of nitrogens with one attached hydrogen (secondary N) is 1. The van der Waals surface area contributed by atoms with Crippen LogP contribution in [0.3, 0.4) is 0 Å². The number of rotatable bonds is 14. The third kappa shape index (κ3) is 6.16. The Morgan fingerprint density at radius 3 is 1.71 bits per heavy atom. The smallest absolute Gasteiger partial charge is 0.291 e. The fraction of sp³-hybridized carbons (Fsp3) is 0.286. The SMILES string of the molecule is C=CCO[P+](OCC=C)(OCC=C)C1N(C(=O)C=C)CNC(C(=O)C=C)N1C(=O)C=C. The summed E-state index contributed by atoms with van der Waals surface area (Å²) in [6, 6.07) is 0. The number of ketones is 1. The van der Waals surface area contributed by atoms with Gasteiger partial charge in [-0.15, -0.1) is 19.7 Å². The Morgan fingerprint density at radius 2 is 1.32 bits per heavy atom. The topological polar surface area (TPSA) is 97.4 Å². The van der Waals surface area contributed by atoms with E-state index in [4.69, 9.17) is 13.6 Å². The van der Waals surface area contributed by atoms with E-state index in [-0.39, 0.29) is 26.5 Å². The summed E-state index contributed by atoms with van der Waals surface area (Å²) < 4.78 is 17.9. The third-order valence-electron chi connectivity index (χ3n) is 4.02. The molecular weight excluding hydrogens is 421 g/mol. The van der Waals surface area contributed by atoms with Crippen molar-refractivity contribution < 1.29 is 28.0 Å². The molecule has 2 amide bonds. The molecule has 1 aliphatic rings. The number of carbonyl (C=O) groups is 3. The molecule has 0 spiro atoms. The minimum Gasteiger partial charge on any atom is -0.291 e. The van der Waals surface area contributed by atoms with E-state index in [1.165, 1.54) is 23.1 Å². The van der Waals surface area contributed by atoms with Crippen LogP contribution in [0.15, 0.2) is 75.9 Å². The van der Waals surface area contributed by atoms with Crippen molar-refractivity contribution in [1.29, 1.82) is 0 Å². The third-order valence-corrected chi connectivity index (χ3v) is 6.64. The zero-order chi connectivity index (χ0) is 23.4. The standard InChI is InChI=1S/C21H29N3O6P/c1-7-13-28-31(29-14-8-2,30-15-9-3)21-23(18(26)11-5)16-22-20(17(25)10-4)24(21)19(27)12-6/h7-12,20-22H,1-6,13-16H2/q+1. The van der Waals surface area contributed by atoms with Crippen molar-refractivity contribution in [3.05, 3.63) is 75.9 Å². The Hall–Kier alpha value is -2.68. The summed E-state index contributed by atoms with van der Waals surface area (Å²) in [6.07, 6.45) is 6.41. The molecule has 0 aromatic heterocycles. The van der Waals surface area contributed by atoms with Gasteiger partial charge in [-0.1, -0.05) is 38.0 Å². The number of hydrogen-bond acceptors (Lipinski definition) is 7. The average molecular weight is 450 g/mol. The summed E-state index contributed by atoms with van der Waals surface area (Å²) in [5.74, 6) is -2.95. The van der Waals surface area contributed by atoms with Crippen LogP contribution in [-0.2, 0) is 28.0 Å². The molecule has 10 heteroatoms. The molecule has 2 atom stereocenters. The highest BCUT2D eigenvalue weighted by atomic mass is 31.2. The first kappa shape index (κ1) is 26.4. The van der Waals surface area contributed by atoms with Crippen molar-refractivity contribution in [2.24, 2.45) is 0 Å². The molecule has 9 nitrogen and oxygen atoms in total. The second-order valence-corrected chi connectivity index (χ2v) is 8.29. The first-order valence-electron chi connectivity index (χ1n) is 9.29. The normalized spacial score (nSPS) is 18.6. The fourth-order valence-electron chi connectivity index (χ4n) is 2.76. The number of hydrogen-bond donors (Lipinski definition) is 1. The summed E-state index contributed by atoms with van der Waals surface area (Å²) in [4.78, 5) is 40.6. The van der Waals surface area contributed by atoms with Crippen molar-refractivity contribution in [2.45, 2.75) is 12.1 Å². The van der Waals surface area contributed by atoms with Crippen LogP contribution in [0.25, 0.3) is 0 Å². The Labute approximate surface area is 183 Å². The maximum Gasteiger partial charge on any atom is 0.459 e. The predicted molar refractivity (Wildman–Crippen MR) is 120 cm³/mol. The summed E-state index contributed by atoms with van der Waals surface area (Å²) in [6.45, 7) is 21.3. The second kappa shape index (κ2) is 12.9. The van der Waals surface area contributed by atoms with Crippen LogP contribution in [0.4, 0.5) is 0 Å². The molecule has 1 fully saturated rings. The second-order valence-electron chi connectivity index (χ2n) is 5.97. The van der Waals surface area contributed by atoms with Gasteiger partial charge in [0.05, 0.1) is 6.67 Å². The van der Waals surface area contributed by atoms with Gasteiger partial charge in [-0.3, -0.25) is 29.5 Å². The quantitative estimate of drug-likeness (QED) is 0.246. The molecule has 0 aliphatic carbocycles. The molecule has 0 aromatic carbocycles. The van der Waals surface area contributed by atoms with E-state index in [0.29, 0.717) is 0 Å². The molecular formula is C21H29N3O6P+. The summed E-state index contributed by atoms with van der Waals surface area (Å²) in [5.41, 5.74) is 0. The van der Waals surface area contributed by atoms with Gasteiger partial charge in [0.1, 0.15) is 19.8 Å². The highest BCUT2D eigenvalue weighted by molar-refractivity contribution is 7.62. The monoisotopic (exact) mass is 450 g/mol. The molecule has 1 heterocycles. The largest absolute Gasteiger partial charge is 0.459 e.